The molecule has 1 aromatic carbocycles. The molecule has 1 N–H and O–H groups in total. The summed E-state index contributed by atoms with van der Waals surface area (Å²) in [7, 11) is 0. The number of piperidine rings is 1. The van der Waals surface area contributed by atoms with Gasteiger partial charge in [-0.1, -0.05) is 50.6 Å². The molecule has 4 aliphatic rings. The number of rotatable bonds is 8. The van der Waals surface area contributed by atoms with Gasteiger partial charge in [-0.15, -0.1) is 6.58 Å². The van der Waals surface area contributed by atoms with Gasteiger partial charge in [-0.2, -0.15) is 0 Å². The lowest BCUT2D eigenvalue weighted by Gasteiger charge is -2.42. The Kier molecular flexibility index (Phi) is 10.6. The molecule has 6 nitrogen and oxygen atoms in total. The lowest BCUT2D eigenvalue weighted by Crippen LogP contribution is -2.48. The van der Waals surface area contributed by atoms with Crippen LogP contribution in [0.2, 0.25) is 0 Å². The summed E-state index contributed by atoms with van der Waals surface area (Å²) in [5.74, 6) is 1.49. The van der Waals surface area contributed by atoms with E-state index < -0.39 is 5.82 Å². The first-order chi connectivity index (χ1) is 23.0. The number of likely N-dealkylation sites (tertiary alicyclic amines) is 1. The number of nitrogens with zero attached hydrogens (tertiary/aromatic N) is 5. The van der Waals surface area contributed by atoms with E-state index >= 15 is 4.39 Å². The van der Waals surface area contributed by atoms with E-state index in [9.17, 15) is 0 Å². The second kappa shape index (κ2) is 14.7. The molecule has 48 heavy (non-hydrogen) atoms. The molecule has 0 bridgehead atoms. The van der Waals surface area contributed by atoms with Gasteiger partial charge in [-0.25, -0.2) is 14.4 Å². The van der Waals surface area contributed by atoms with Gasteiger partial charge in [-0.3, -0.25) is 4.90 Å². The Bertz CT molecular complexity index is 1580. The molecule has 4 unspecified atom stereocenters. The molecular formula is C41H57FN6. The number of fused-ring (bicyclic) bond motifs is 1. The number of halogens is 1. The fraction of sp³-hybridized carbons (Fsp3) is 0.561. The number of hydrogen-bond donors (Lipinski definition) is 1. The van der Waals surface area contributed by atoms with Crippen LogP contribution in [0.25, 0.3) is 11.3 Å². The highest BCUT2D eigenvalue weighted by atomic mass is 19.1. The van der Waals surface area contributed by atoms with E-state index in [1.54, 1.807) is 5.57 Å². The van der Waals surface area contributed by atoms with Crippen LogP contribution in [-0.4, -0.2) is 70.6 Å². The Balaban J connectivity index is 1.18. The SMILES string of the molecule is C=CC(C)CN1CCC(N2CCC3=C(/C=C\C(Nc4ncc(F)c(-c5cc(C)c6c(c5)N(C(C)C)C(C)=CC6C)n4)CCC3C)C2)CC1. The summed E-state index contributed by atoms with van der Waals surface area (Å²) in [5, 5.41) is 3.58. The molecule has 7 heteroatoms. The topological polar surface area (TPSA) is 47.5 Å². The largest absolute Gasteiger partial charge is 0.348 e. The van der Waals surface area contributed by atoms with Crippen LogP contribution in [0.3, 0.4) is 0 Å². The van der Waals surface area contributed by atoms with Crippen molar-refractivity contribution >= 4 is 11.6 Å². The minimum absolute atomic E-state index is 0.0839. The van der Waals surface area contributed by atoms with Crippen molar-refractivity contribution in [1.82, 2.24) is 19.8 Å². The van der Waals surface area contributed by atoms with E-state index in [1.165, 1.54) is 61.9 Å². The van der Waals surface area contributed by atoms with Gasteiger partial charge >= 0.3 is 0 Å². The Morgan fingerprint density at radius 1 is 1.06 bits per heavy atom. The predicted molar refractivity (Wildman–Crippen MR) is 199 cm³/mol. The third-order valence-corrected chi connectivity index (χ3v) is 11.3. The summed E-state index contributed by atoms with van der Waals surface area (Å²) < 4.78 is 15.4. The number of anilines is 2. The number of aromatic nitrogens is 2. The standard InChI is InChI=1S/C41H57FN6/c1-9-27(4)24-46-17-14-35(15-18-46)47-19-16-36-28(5)10-12-34(13-11-32(36)25-47)44-41-43-23-37(42)40(45-41)33-21-30(7)39-29(6)20-31(8)48(26(2)3)38(39)22-33/h9,11,13,20-23,26-29,34-35H,1,10,12,14-19,24-25H2,2-8H3,(H,43,44,45)/b13-11-. The predicted octanol–water partition coefficient (Wildman–Crippen LogP) is 8.88. The van der Waals surface area contributed by atoms with Gasteiger partial charge in [0.25, 0.3) is 0 Å². The van der Waals surface area contributed by atoms with Gasteiger partial charge < -0.3 is 15.1 Å². The molecule has 4 heterocycles. The van der Waals surface area contributed by atoms with Crippen LogP contribution in [0, 0.1) is 24.6 Å². The zero-order valence-corrected chi connectivity index (χ0v) is 30.4. The van der Waals surface area contributed by atoms with Crippen LogP contribution >= 0.6 is 0 Å². The van der Waals surface area contributed by atoms with E-state index in [4.69, 9.17) is 4.98 Å². The fourth-order valence-electron chi connectivity index (χ4n) is 8.77. The summed E-state index contributed by atoms with van der Waals surface area (Å²) in [5.41, 5.74) is 9.11. The third-order valence-electron chi connectivity index (χ3n) is 11.3. The molecule has 0 radical (unpaired) electrons. The van der Waals surface area contributed by atoms with E-state index in [0.29, 0.717) is 41.5 Å². The normalized spacial score (nSPS) is 25.6. The van der Waals surface area contributed by atoms with Crippen molar-refractivity contribution in [3.8, 4) is 11.3 Å². The summed E-state index contributed by atoms with van der Waals surface area (Å²) in [6.45, 7) is 25.3. The van der Waals surface area contributed by atoms with Crippen LogP contribution in [0.15, 0.2) is 66.1 Å². The first-order valence-electron chi connectivity index (χ1n) is 18.4. The average Bonchev–Trinajstić information content (AvgIpc) is 3.05. The molecule has 3 aliphatic heterocycles. The highest BCUT2D eigenvalue weighted by Crippen LogP contribution is 2.42. The number of benzene rings is 1. The van der Waals surface area contributed by atoms with Crippen LogP contribution in [0.4, 0.5) is 16.0 Å². The first kappa shape index (κ1) is 34.6. The van der Waals surface area contributed by atoms with Gasteiger partial charge in [0.15, 0.2) is 5.82 Å². The Morgan fingerprint density at radius 3 is 2.56 bits per heavy atom. The van der Waals surface area contributed by atoms with Gasteiger partial charge in [0, 0.05) is 60.6 Å². The summed E-state index contributed by atoms with van der Waals surface area (Å²) in [6.07, 6.45) is 16.1. The molecule has 1 saturated heterocycles. The fourth-order valence-corrected chi connectivity index (χ4v) is 8.77. The lowest BCUT2D eigenvalue weighted by atomic mass is 9.83. The minimum atomic E-state index is -0.396. The lowest BCUT2D eigenvalue weighted by molar-refractivity contribution is 0.107. The molecule has 4 atom stereocenters. The summed E-state index contributed by atoms with van der Waals surface area (Å²) in [6, 6.07) is 5.24. The zero-order chi connectivity index (χ0) is 34.1. The number of hydrogen-bond acceptors (Lipinski definition) is 6. The van der Waals surface area contributed by atoms with Gasteiger partial charge in [0.1, 0.15) is 5.69 Å². The smallest absolute Gasteiger partial charge is 0.223 e. The van der Waals surface area contributed by atoms with E-state index in [1.807, 2.05) is 0 Å². The molecule has 1 fully saturated rings. The molecule has 2 aromatic rings. The van der Waals surface area contributed by atoms with Crippen molar-refractivity contribution in [3.05, 3.63) is 83.0 Å². The molecule has 0 amide bonds. The maximum atomic E-state index is 15.4. The Labute approximate surface area is 288 Å². The molecule has 258 valence electrons. The van der Waals surface area contributed by atoms with Crippen molar-refractivity contribution in [2.45, 2.75) is 105 Å². The summed E-state index contributed by atoms with van der Waals surface area (Å²) >= 11 is 0. The molecule has 6 rings (SSSR count). The molecule has 1 aromatic heterocycles. The first-order valence-corrected chi connectivity index (χ1v) is 18.4. The van der Waals surface area contributed by atoms with E-state index in [0.717, 1.165) is 42.7 Å². The zero-order valence-electron chi connectivity index (χ0n) is 30.4. The summed E-state index contributed by atoms with van der Waals surface area (Å²) in [4.78, 5) is 16.9. The second-order valence-electron chi connectivity index (χ2n) is 15.3. The van der Waals surface area contributed by atoms with Gasteiger partial charge in [0.05, 0.1) is 6.20 Å². The van der Waals surface area contributed by atoms with Crippen LogP contribution in [0.1, 0.15) is 90.7 Å². The number of aryl methyl sites for hydroxylation is 1. The van der Waals surface area contributed by atoms with Gasteiger partial charge in [0.2, 0.25) is 5.95 Å². The van der Waals surface area contributed by atoms with Crippen LogP contribution in [0.5, 0.6) is 0 Å². The van der Waals surface area contributed by atoms with Crippen molar-refractivity contribution in [2.75, 3.05) is 42.9 Å². The highest BCUT2D eigenvalue weighted by molar-refractivity contribution is 5.75. The maximum absolute atomic E-state index is 15.4. The van der Waals surface area contributed by atoms with E-state index in [-0.39, 0.29) is 6.04 Å². The van der Waals surface area contributed by atoms with Crippen molar-refractivity contribution in [1.29, 1.82) is 0 Å². The molecule has 1 aliphatic carbocycles. The Morgan fingerprint density at radius 2 is 1.83 bits per heavy atom. The Hall–Kier alpha value is -3.29. The third kappa shape index (κ3) is 7.33. The van der Waals surface area contributed by atoms with Crippen molar-refractivity contribution < 1.29 is 4.39 Å². The second-order valence-corrected chi connectivity index (χ2v) is 15.3. The quantitative estimate of drug-likeness (QED) is 0.288. The van der Waals surface area contributed by atoms with E-state index in [2.05, 4.69) is 116 Å². The van der Waals surface area contributed by atoms with Crippen LogP contribution < -0.4 is 10.2 Å². The molecular weight excluding hydrogens is 595 g/mol. The maximum Gasteiger partial charge on any atom is 0.223 e. The number of nitrogens with one attached hydrogen (secondary N) is 1. The highest BCUT2D eigenvalue weighted by Gasteiger charge is 2.31. The van der Waals surface area contributed by atoms with Crippen LogP contribution in [-0.2, 0) is 0 Å². The molecule has 0 saturated carbocycles. The number of allylic oxidation sites excluding steroid dienone is 2. The van der Waals surface area contributed by atoms with Crippen molar-refractivity contribution in [3.63, 3.8) is 0 Å². The average molecular weight is 653 g/mol. The van der Waals surface area contributed by atoms with Gasteiger partial charge in [-0.05, 0) is 114 Å². The van der Waals surface area contributed by atoms with Crippen molar-refractivity contribution in [2.24, 2.45) is 11.8 Å². The minimum Gasteiger partial charge on any atom is -0.348 e. The monoisotopic (exact) mass is 652 g/mol. The molecule has 0 spiro atoms.